The van der Waals surface area contributed by atoms with Crippen molar-refractivity contribution in [2.24, 2.45) is 7.05 Å². The summed E-state index contributed by atoms with van der Waals surface area (Å²) >= 11 is 5.83. The normalized spacial score (nSPS) is 10.8. The lowest BCUT2D eigenvalue weighted by Crippen LogP contribution is -1.89. The zero-order valence-electron chi connectivity index (χ0n) is 9.72. The molecule has 3 rings (SSSR count). The lowest BCUT2D eigenvalue weighted by atomic mass is 10.2. The average molecular weight is 258 g/mol. The summed E-state index contributed by atoms with van der Waals surface area (Å²) in [6, 6.07) is 13.0. The average Bonchev–Trinajstić information content (AvgIpc) is 2.74. The maximum Gasteiger partial charge on any atom is 0.129 e. The Morgan fingerprint density at radius 1 is 1.11 bits per heavy atom. The van der Waals surface area contributed by atoms with Gasteiger partial charge in [0.2, 0.25) is 0 Å². The minimum absolute atomic E-state index is 0.694. The summed E-state index contributed by atoms with van der Waals surface area (Å²) in [5, 5.41) is 5.74. The van der Waals surface area contributed by atoms with Crippen LogP contribution in [0.2, 0.25) is 5.02 Å². The molecule has 0 aliphatic carbocycles. The summed E-state index contributed by atoms with van der Waals surface area (Å²) in [6.45, 7) is 0. The van der Waals surface area contributed by atoms with Gasteiger partial charge in [0, 0.05) is 23.5 Å². The summed E-state index contributed by atoms with van der Waals surface area (Å²) in [5.41, 5.74) is 0.987. The lowest BCUT2D eigenvalue weighted by molar-refractivity contribution is 0.483. The van der Waals surface area contributed by atoms with E-state index in [0.717, 1.165) is 22.4 Å². The van der Waals surface area contributed by atoms with Gasteiger partial charge in [-0.3, -0.25) is 4.68 Å². The Kier molecular flexibility index (Phi) is 2.68. The Morgan fingerprint density at radius 2 is 1.83 bits per heavy atom. The van der Waals surface area contributed by atoms with Gasteiger partial charge in [0.15, 0.2) is 0 Å². The van der Waals surface area contributed by atoms with Crippen LogP contribution < -0.4 is 4.74 Å². The molecule has 0 unspecified atom stereocenters. The second-order valence-electron chi connectivity index (χ2n) is 3.97. The van der Waals surface area contributed by atoms with Gasteiger partial charge in [0.25, 0.3) is 0 Å². The summed E-state index contributed by atoms with van der Waals surface area (Å²) < 4.78 is 7.52. The lowest BCUT2D eigenvalue weighted by Gasteiger charge is -2.06. The summed E-state index contributed by atoms with van der Waals surface area (Å²) in [6.07, 6.45) is 2.93. The minimum atomic E-state index is 0.694. The maximum atomic E-state index is 5.83. The van der Waals surface area contributed by atoms with E-state index in [2.05, 4.69) is 11.3 Å². The third-order valence-electron chi connectivity index (χ3n) is 2.69. The van der Waals surface area contributed by atoms with Crippen molar-refractivity contribution in [3.05, 3.63) is 53.7 Å². The van der Waals surface area contributed by atoms with Gasteiger partial charge in [-0.05, 0) is 36.4 Å². The second-order valence-corrected chi connectivity index (χ2v) is 4.41. The number of ether oxygens (including phenoxy) is 1. The Bertz CT molecular complexity index is 689. The molecule has 4 heteroatoms. The summed E-state index contributed by atoms with van der Waals surface area (Å²) in [7, 11) is 1.88. The van der Waals surface area contributed by atoms with E-state index < -0.39 is 0 Å². The standard InChI is InChI=1S/C14H10ClN2O/c1-17-14-8-13(5-2-10(14)9-16-17)18-12-6-3-11(15)4-7-12/h2-8H,1H3. The van der Waals surface area contributed by atoms with Gasteiger partial charge >= 0.3 is 0 Å². The van der Waals surface area contributed by atoms with Crippen LogP contribution in [0.1, 0.15) is 0 Å². The van der Waals surface area contributed by atoms with Crippen molar-refractivity contribution in [3.63, 3.8) is 0 Å². The van der Waals surface area contributed by atoms with Crippen molar-refractivity contribution in [3.8, 4) is 11.5 Å². The number of hydrogen-bond acceptors (Lipinski definition) is 2. The van der Waals surface area contributed by atoms with Crippen LogP contribution >= 0.6 is 11.6 Å². The Labute approximate surface area is 110 Å². The molecule has 0 fully saturated rings. The van der Waals surface area contributed by atoms with E-state index in [4.69, 9.17) is 16.3 Å². The predicted octanol–water partition coefficient (Wildman–Crippen LogP) is 3.82. The Morgan fingerprint density at radius 3 is 2.61 bits per heavy atom. The first-order valence-electron chi connectivity index (χ1n) is 5.50. The molecule has 3 aromatic rings. The quantitative estimate of drug-likeness (QED) is 0.698. The summed E-state index contributed by atoms with van der Waals surface area (Å²) in [4.78, 5) is 0. The van der Waals surface area contributed by atoms with Gasteiger partial charge in [-0.1, -0.05) is 11.6 Å². The fraction of sp³-hybridized carbons (Fsp3) is 0.0714. The molecule has 0 saturated carbocycles. The van der Waals surface area contributed by atoms with Crippen LogP contribution in [0.4, 0.5) is 0 Å². The molecule has 0 spiro atoms. The number of rotatable bonds is 2. The molecule has 0 N–H and O–H groups in total. The fourth-order valence-electron chi connectivity index (χ4n) is 1.76. The largest absolute Gasteiger partial charge is 0.457 e. The van der Waals surface area contributed by atoms with Crippen LogP contribution in [-0.4, -0.2) is 9.78 Å². The fourth-order valence-corrected chi connectivity index (χ4v) is 1.88. The highest BCUT2D eigenvalue weighted by atomic mass is 35.5. The van der Waals surface area contributed by atoms with Crippen molar-refractivity contribution in [1.82, 2.24) is 9.78 Å². The second kappa shape index (κ2) is 4.35. The van der Waals surface area contributed by atoms with Crippen molar-refractivity contribution < 1.29 is 4.74 Å². The van der Waals surface area contributed by atoms with Crippen LogP contribution in [0.3, 0.4) is 0 Å². The maximum absolute atomic E-state index is 5.83. The van der Waals surface area contributed by atoms with Gasteiger partial charge in [-0.2, -0.15) is 5.10 Å². The van der Waals surface area contributed by atoms with Crippen LogP contribution in [0.25, 0.3) is 10.9 Å². The van der Waals surface area contributed by atoms with E-state index in [-0.39, 0.29) is 0 Å². The Balaban J connectivity index is 1.94. The molecule has 0 atom stereocenters. The first kappa shape index (κ1) is 11.1. The molecule has 18 heavy (non-hydrogen) atoms. The molecule has 0 aliphatic heterocycles. The van der Waals surface area contributed by atoms with Crippen LogP contribution in [0, 0.1) is 6.20 Å². The van der Waals surface area contributed by atoms with Crippen molar-refractivity contribution >= 4 is 22.5 Å². The van der Waals surface area contributed by atoms with E-state index in [1.807, 2.05) is 37.4 Å². The SMILES string of the molecule is Cn1n[c]c2ccc(Oc3ccc(Cl)cc3)cc21. The molecule has 3 nitrogen and oxygen atoms in total. The van der Waals surface area contributed by atoms with Gasteiger partial charge in [-0.15, -0.1) is 0 Å². The molecular weight excluding hydrogens is 248 g/mol. The number of halogens is 1. The van der Waals surface area contributed by atoms with Gasteiger partial charge in [0.1, 0.15) is 17.7 Å². The first-order chi connectivity index (χ1) is 8.72. The van der Waals surface area contributed by atoms with Gasteiger partial charge < -0.3 is 4.74 Å². The molecule has 1 radical (unpaired) electrons. The zero-order valence-corrected chi connectivity index (χ0v) is 10.5. The topological polar surface area (TPSA) is 27.1 Å². The monoisotopic (exact) mass is 257 g/mol. The zero-order chi connectivity index (χ0) is 12.5. The van der Waals surface area contributed by atoms with Crippen molar-refractivity contribution in [2.45, 2.75) is 0 Å². The van der Waals surface area contributed by atoms with Gasteiger partial charge in [-0.25, -0.2) is 0 Å². The van der Waals surface area contributed by atoms with Crippen LogP contribution in [-0.2, 0) is 7.05 Å². The predicted molar refractivity (Wildman–Crippen MR) is 71.1 cm³/mol. The minimum Gasteiger partial charge on any atom is -0.457 e. The van der Waals surface area contributed by atoms with E-state index in [0.29, 0.717) is 5.02 Å². The van der Waals surface area contributed by atoms with E-state index in [9.17, 15) is 0 Å². The van der Waals surface area contributed by atoms with Gasteiger partial charge in [0.05, 0.1) is 5.52 Å². The number of benzene rings is 2. The summed E-state index contributed by atoms with van der Waals surface area (Å²) in [5.74, 6) is 1.52. The molecular formula is C14H10ClN2O. The van der Waals surface area contributed by atoms with Crippen LogP contribution in [0.15, 0.2) is 42.5 Å². The van der Waals surface area contributed by atoms with Crippen molar-refractivity contribution in [2.75, 3.05) is 0 Å². The molecule has 0 bridgehead atoms. The number of fused-ring (bicyclic) bond motifs is 1. The van der Waals surface area contributed by atoms with E-state index in [1.165, 1.54) is 0 Å². The Hall–Kier alpha value is -2.00. The highest BCUT2D eigenvalue weighted by Crippen LogP contribution is 2.26. The number of aryl methyl sites for hydroxylation is 1. The molecule has 1 aromatic heterocycles. The molecule has 2 aromatic carbocycles. The molecule has 1 heterocycles. The highest BCUT2D eigenvalue weighted by molar-refractivity contribution is 6.30. The van der Waals surface area contributed by atoms with E-state index >= 15 is 0 Å². The van der Waals surface area contributed by atoms with E-state index in [1.54, 1.807) is 16.8 Å². The number of hydrogen-bond donors (Lipinski definition) is 0. The number of aromatic nitrogens is 2. The first-order valence-corrected chi connectivity index (χ1v) is 5.88. The molecule has 0 aliphatic rings. The molecule has 0 saturated heterocycles. The third-order valence-corrected chi connectivity index (χ3v) is 2.94. The number of nitrogens with zero attached hydrogens (tertiary/aromatic N) is 2. The van der Waals surface area contributed by atoms with Crippen molar-refractivity contribution in [1.29, 1.82) is 0 Å². The molecule has 89 valence electrons. The van der Waals surface area contributed by atoms with Crippen LogP contribution in [0.5, 0.6) is 11.5 Å². The smallest absolute Gasteiger partial charge is 0.129 e. The highest BCUT2D eigenvalue weighted by Gasteiger charge is 2.03. The third kappa shape index (κ3) is 2.05. The molecule has 0 amide bonds.